The van der Waals surface area contributed by atoms with E-state index in [-0.39, 0.29) is 6.04 Å². The number of hydrogen-bond acceptors (Lipinski definition) is 4. The Kier molecular flexibility index (Phi) is 5.86. The molecule has 0 saturated heterocycles. The summed E-state index contributed by atoms with van der Waals surface area (Å²) < 4.78 is 11.1. The Morgan fingerprint density at radius 2 is 2.00 bits per heavy atom. The molecule has 0 bridgehead atoms. The largest absolute Gasteiger partial charge is 0.486 e. The van der Waals surface area contributed by atoms with Gasteiger partial charge in [0.1, 0.15) is 6.61 Å². The molecule has 1 unspecified atom stereocenters. The van der Waals surface area contributed by atoms with Crippen LogP contribution in [0.5, 0.6) is 11.5 Å². The molecule has 0 saturated carbocycles. The average molecular weight is 265 g/mol. The van der Waals surface area contributed by atoms with E-state index in [1.807, 2.05) is 26.0 Å². The van der Waals surface area contributed by atoms with Crippen molar-refractivity contribution in [3.05, 3.63) is 36.9 Å². The van der Waals surface area contributed by atoms with Gasteiger partial charge in [0.2, 0.25) is 5.79 Å². The second-order valence-corrected chi connectivity index (χ2v) is 4.86. The molecule has 0 fully saturated rings. The standard InChI is InChI=1S/C15H23NO3/c1-5-10-18-13-8-6-7-9-14(13)19-15(4,17)11-16-12(2)3/h5-9,12,16-17H,1,10-11H2,2-4H3. The van der Waals surface area contributed by atoms with Crippen molar-refractivity contribution in [3.63, 3.8) is 0 Å². The number of ether oxygens (including phenoxy) is 2. The Bertz CT molecular complexity index is 402. The molecule has 0 heterocycles. The van der Waals surface area contributed by atoms with Gasteiger partial charge in [0.25, 0.3) is 0 Å². The van der Waals surface area contributed by atoms with E-state index >= 15 is 0 Å². The minimum Gasteiger partial charge on any atom is -0.486 e. The van der Waals surface area contributed by atoms with Gasteiger partial charge in [-0.25, -0.2) is 0 Å². The summed E-state index contributed by atoms with van der Waals surface area (Å²) in [7, 11) is 0. The van der Waals surface area contributed by atoms with Crippen LogP contribution in [0.15, 0.2) is 36.9 Å². The van der Waals surface area contributed by atoms with E-state index < -0.39 is 5.79 Å². The van der Waals surface area contributed by atoms with Gasteiger partial charge in [0.05, 0.1) is 6.54 Å². The molecular weight excluding hydrogens is 242 g/mol. The minimum absolute atomic E-state index is 0.280. The molecule has 4 heteroatoms. The predicted molar refractivity (Wildman–Crippen MR) is 76.5 cm³/mol. The first kappa shape index (κ1) is 15.5. The topological polar surface area (TPSA) is 50.7 Å². The van der Waals surface area contributed by atoms with Crippen molar-refractivity contribution in [1.82, 2.24) is 5.32 Å². The fraction of sp³-hybridized carbons (Fsp3) is 0.467. The Balaban J connectivity index is 2.71. The van der Waals surface area contributed by atoms with Crippen LogP contribution in [-0.4, -0.2) is 30.1 Å². The van der Waals surface area contributed by atoms with Gasteiger partial charge >= 0.3 is 0 Å². The summed E-state index contributed by atoms with van der Waals surface area (Å²) in [4.78, 5) is 0. The quantitative estimate of drug-likeness (QED) is 0.559. The number of benzene rings is 1. The molecule has 0 aliphatic rings. The first-order chi connectivity index (χ1) is 8.94. The molecule has 1 atom stereocenters. The molecule has 4 nitrogen and oxygen atoms in total. The second kappa shape index (κ2) is 7.16. The van der Waals surface area contributed by atoms with Gasteiger partial charge in [-0.15, -0.1) is 0 Å². The van der Waals surface area contributed by atoms with Crippen molar-refractivity contribution in [2.45, 2.75) is 32.6 Å². The van der Waals surface area contributed by atoms with Gasteiger partial charge < -0.3 is 19.9 Å². The van der Waals surface area contributed by atoms with Crippen LogP contribution in [0.25, 0.3) is 0 Å². The van der Waals surface area contributed by atoms with Crippen molar-refractivity contribution >= 4 is 0 Å². The van der Waals surface area contributed by atoms with Crippen molar-refractivity contribution in [2.75, 3.05) is 13.2 Å². The second-order valence-electron chi connectivity index (χ2n) is 4.86. The molecule has 0 radical (unpaired) electrons. The summed E-state index contributed by atoms with van der Waals surface area (Å²) in [6.45, 7) is 9.97. The van der Waals surface area contributed by atoms with Gasteiger partial charge in [-0.05, 0) is 12.1 Å². The summed E-state index contributed by atoms with van der Waals surface area (Å²) in [5.74, 6) is -0.190. The zero-order valence-corrected chi connectivity index (χ0v) is 11.8. The highest BCUT2D eigenvalue weighted by molar-refractivity contribution is 5.39. The van der Waals surface area contributed by atoms with Gasteiger partial charge in [-0.2, -0.15) is 0 Å². The van der Waals surface area contributed by atoms with Crippen LogP contribution in [0, 0.1) is 0 Å². The normalized spacial score (nSPS) is 13.9. The zero-order valence-electron chi connectivity index (χ0n) is 11.8. The van der Waals surface area contributed by atoms with E-state index in [0.29, 0.717) is 24.7 Å². The van der Waals surface area contributed by atoms with Crippen LogP contribution in [0.3, 0.4) is 0 Å². The maximum absolute atomic E-state index is 10.2. The van der Waals surface area contributed by atoms with Crippen LogP contribution < -0.4 is 14.8 Å². The van der Waals surface area contributed by atoms with Crippen molar-refractivity contribution in [3.8, 4) is 11.5 Å². The first-order valence-electron chi connectivity index (χ1n) is 6.42. The Morgan fingerprint density at radius 3 is 2.58 bits per heavy atom. The van der Waals surface area contributed by atoms with Crippen LogP contribution >= 0.6 is 0 Å². The van der Waals surface area contributed by atoms with E-state index in [4.69, 9.17) is 9.47 Å². The first-order valence-corrected chi connectivity index (χ1v) is 6.42. The molecule has 0 aromatic heterocycles. The lowest BCUT2D eigenvalue weighted by Gasteiger charge is -2.27. The molecule has 1 rings (SSSR count). The number of para-hydroxylation sites is 2. The summed E-state index contributed by atoms with van der Waals surface area (Å²) in [5.41, 5.74) is 0. The molecule has 0 aliphatic carbocycles. The van der Waals surface area contributed by atoms with E-state index in [2.05, 4.69) is 11.9 Å². The van der Waals surface area contributed by atoms with Crippen LogP contribution in [-0.2, 0) is 0 Å². The fourth-order valence-electron chi connectivity index (χ4n) is 1.47. The summed E-state index contributed by atoms with van der Waals surface area (Å²) >= 11 is 0. The van der Waals surface area contributed by atoms with Gasteiger partial charge in [0.15, 0.2) is 11.5 Å². The van der Waals surface area contributed by atoms with Gasteiger partial charge in [0, 0.05) is 13.0 Å². The predicted octanol–water partition coefficient (Wildman–Crippen LogP) is 2.34. The zero-order chi connectivity index (χ0) is 14.3. The van der Waals surface area contributed by atoms with Crippen molar-refractivity contribution in [2.24, 2.45) is 0 Å². The molecule has 0 amide bonds. The molecule has 106 valence electrons. The smallest absolute Gasteiger partial charge is 0.218 e. The van der Waals surface area contributed by atoms with E-state index in [1.165, 1.54) is 0 Å². The van der Waals surface area contributed by atoms with E-state index in [1.54, 1.807) is 25.1 Å². The molecule has 0 spiro atoms. The van der Waals surface area contributed by atoms with Crippen LogP contribution in [0.2, 0.25) is 0 Å². The maximum Gasteiger partial charge on any atom is 0.218 e. The Labute approximate surface area is 115 Å². The Morgan fingerprint density at radius 1 is 1.37 bits per heavy atom. The molecule has 2 N–H and O–H groups in total. The highest BCUT2D eigenvalue weighted by atomic mass is 16.6. The summed E-state index contributed by atoms with van der Waals surface area (Å²) in [5, 5.41) is 13.3. The summed E-state index contributed by atoms with van der Waals surface area (Å²) in [6, 6.07) is 7.53. The molecular formula is C15H23NO3. The Hall–Kier alpha value is -1.52. The van der Waals surface area contributed by atoms with Crippen molar-refractivity contribution in [1.29, 1.82) is 0 Å². The van der Waals surface area contributed by atoms with E-state index in [0.717, 1.165) is 0 Å². The lowest BCUT2D eigenvalue weighted by Crippen LogP contribution is -2.45. The van der Waals surface area contributed by atoms with Gasteiger partial charge in [-0.1, -0.05) is 38.6 Å². The lowest BCUT2D eigenvalue weighted by atomic mass is 10.2. The SMILES string of the molecule is C=CCOc1ccccc1OC(C)(O)CNC(C)C. The third-order valence-electron chi connectivity index (χ3n) is 2.37. The van der Waals surface area contributed by atoms with Gasteiger partial charge in [-0.3, -0.25) is 0 Å². The van der Waals surface area contributed by atoms with Crippen LogP contribution in [0.4, 0.5) is 0 Å². The van der Waals surface area contributed by atoms with Crippen molar-refractivity contribution < 1.29 is 14.6 Å². The molecule has 1 aromatic rings. The fourth-order valence-corrected chi connectivity index (χ4v) is 1.47. The van der Waals surface area contributed by atoms with E-state index in [9.17, 15) is 5.11 Å². The molecule has 1 aromatic carbocycles. The molecule has 0 aliphatic heterocycles. The summed E-state index contributed by atoms with van der Waals surface area (Å²) in [6.07, 6.45) is 1.66. The highest BCUT2D eigenvalue weighted by Gasteiger charge is 2.24. The number of nitrogens with one attached hydrogen (secondary N) is 1. The third kappa shape index (κ3) is 5.77. The monoisotopic (exact) mass is 265 g/mol. The third-order valence-corrected chi connectivity index (χ3v) is 2.37. The lowest BCUT2D eigenvalue weighted by molar-refractivity contribution is -0.119. The minimum atomic E-state index is -1.29. The highest BCUT2D eigenvalue weighted by Crippen LogP contribution is 2.29. The average Bonchev–Trinajstić information content (AvgIpc) is 2.35. The number of hydrogen-bond donors (Lipinski definition) is 2. The number of rotatable bonds is 8. The maximum atomic E-state index is 10.2. The van der Waals surface area contributed by atoms with Crippen LogP contribution in [0.1, 0.15) is 20.8 Å². The number of aliphatic hydroxyl groups is 1. The molecule has 19 heavy (non-hydrogen) atoms.